The molecular weight excluding hydrogens is 468 g/mol. The maximum absolute atomic E-state index is 14.5. The lowest BCUT2D eigenvalue weighted by molar-refractivity contribution is -0.122. The van der Waals surface area contributed by atoms with Crippen LogP contribution in [0.2, 0.25) is 5.02 Å². The first-order valence-corrected chi connectivity index (χ1v) is 11.6. The molecule has 5 rings (SSSR count). The number of hydrogen-bond acceptors (Lipinski definition) is 7. The summed E-state index contributed by atoms with van der Waals surface area (Å²) in [6.07, 6.45) is 4.92. The van der Waals surface area contributed by atoms with Crippen molar-refractivity contribution >= 4 is 46.3 Å². The third-order valence-electron chi connectivity index (χ3n) is 6.40. The van der Waals surface area contributed by atoms with Crippen molar-refractivity contribution in [3.05, 3.63) is 35.0 Å². The number of fused-ring (bicyclic) bond motifs is 1. The van der Waals surface area contributed by atoms with Crippen LogP contribution in [0.5, 0.6) is 0 Å². The lowest BCUT2D eigenvalue weighted by atomic mass is 9.85. The number of benzene rings is 1. The summed E-state index contributed by atoms with van der Waals surface area (Å²) in [7, 11) is 0. The van der Waals surface area contributed by atoms with Gasteiger partial charge in [-0.05, 0) is 44.2 Å². The zero-order valence-corrected chi connectivity index (χ0v) is 19.0. The molecule has 1 aliphatic carbocycles. The predicted molar refractivity (Wildman–Crippen MR) is 123 cm³/mol. The Morgan fingerprint density at radius 2 is 1.88 bits per heavy atom. The summed E-state index contributed by atoms with van der Waals surface area (Å²) in [5.74, 6) is -1.53. The van der Waals surface area contributed by atoms with Gasteiger partial charge in [-0.25, -0.2) is 18.7 Å². The van der Waals surface area contributed by atoms with E-state index in [9.17, 15) is 13.6 Å². The molecule has 3 aromatic rings. The van der Waals surface area contributed by atoms with Gasteiger partial charge in [-0.2, -0.15) is 4.98 Å². The molecule has 1 aliphatic heterocycles. The van der Waals surface area contributed by atoms with Crippen LogP contribution in [0.25, 0.3) is 11.2 Å². The Bertz CT molecular complexity index is 1200. The van der Waals surface area contributed by atoms with Crippen LogP contribution in [0.4, 0.5) is 26.4 Å². The highest BCUT2D eigenvalue weighted by Gasteiger charge is 2.30. The Labute approximate surface area is 199 Å². The number of nitrogens with zero attached hydrogens (tertiary/aromatic N) is 4. The molecule has 4 N–H and O–H groups in total. The van der Waals surface area contributed by atoms with E-state index in [2.05, 4.69) is 25.6 Å². The largest absolute Gasteiger partial charge is 0.379 e. The number of aromatic nitrogens is 4. The fourth-order valence-electron chi connectivity index (χ4n) is 4.62. The fourth-order valence-corrected chi connectivity index (χ4v) is 4.81. The van der Waals surface area contributed by atoms with Gasteiger partial charge in [0.2, 0.25) is 17.8 Å². The van der Waals surface area contributed by atoms with E-state index in [-0.39, 0.29) is 40.6 Å². The van der Waals surface area contributed by atoms with Crippen molar-refractivity contribution in [1.29, 1.82) is 0 Å². The molecule has 1 aromatic carbocycles. The predicted octanol–water partition coefficient (Wildman–Crippen LogP) is 3.92. The van der Waals surface area contributed by atoms with Gasteiger partial charge in [-0.3, -0.25) is 9.36 Å². The molecule has 2 aliphatic rings. The Hall–Kier alpha value is -3.05. The minimum Gasteiger partial charge on any atom is -0.379 e. The quantitative estimate of drug-likeness (QED) is 0.478. The summed E-state index contributed by atoms with van der Waals surface area (Å²) in [4.78, 5) is 25.2. The maximum Gasteiger partial charge on any atom is 0.225 e. The van der Waals surface area contributed by atoms with E-state index in [1.807, 2.05) is 4.57 Å². The van der Waals surface area contributed by atoms with E-state index in [1.165, 1.54) is 0 Å². The second-order valence-corrected chi connectivity index (χ2v) is 9.13. The number of hydrogen-bond donors (Lipinski definition) is 3. The summed E-state index contributed by atoms with van der Waals surface area (Å²) in [6.45, 7) is 1.24. The molecule has 2 fully saturated rings. The minimum atomic E-state index is -0.837. The molecule has 1 saturated heterocycles. The number of halogens is 3. The molecule has 180 valence electrons. The van der Waals surface area contributed by atoms with Crippen molar-refractivity contribution in [1.82, 2.24) is 19.5 Å². The minimum absolute atomic E-state index is 0.0451. The van der Waals surface area contributed by atoms with Crippen LogP contribution in [-0.2, 0) is 9.53 Å². The molecule has 0 spiro atoms. The van der Waals surface area contributed by atoms with E-state index >= 15 is 0 Å². The molecule has 2 aromatic heterocycles. The molecule has 3 heterocycles. The van der Waals surface area contributed by atoms with E-state index < -0.39 is 11.6 Å². The molecule has 12 heteroatoms. The first-order chi connectivity index (χ1) is 16.4. The number of rotatable bonds is 6. The summed E-state index contributed by atoms with van der Waals surface area (Å²) >= 11 is 5.77. The Kier molecular flexibility index (Phi) is 6.22. The van der Waals surface area contributed by atoms with Gasteiger partial charge in [0.25, 0.3) is 0 Å². The van der Waals surface area contributed by atoms with Gasteiger partial charge in [0.1, 0.15) is 11.2 Å². The Morgan fingerprint density at radius 1 is 1.15 bits per heavy atom. The average Bonchev–Trinajstić information content (AvgIpc) is 3.43. The highest BCUT2D eigenvalue weighted by atomic mass is 35.5. The van der Waals surface area contributed by atoms with Gasteiger partial charge in [0.15, 0.2) is 17.3 Å². The van der Waals surface area contributed by atoms with E-state index in [1.54, 1.807) is 6.20 Å². The number of carbonyl (C=O) groups excluding carboxylic acids is 1. The van der Waals surface area contributed by atoms with Crippen LogP contribution < -0.4 is 16.4 Å². The van der Waals surface area contributed by atoms with Crippen molar-refractivity contribution in [3.63, 3.8) is 0 Å². The summed E-state index contributed by atoms with van der Waals surface area (Å²) in [6, 6.07) is 2.07. The number of nitrogens with two attached hydrogens (primary N) is 1. The van der Waals surface area contributed by atoms with Gasteiger partial charge in [0.05, 0.1) is 18.8 Å². The van der Waals surface area contributed by atoms with Gasteiger partial charge in [-0.1, -0.05) is 11.6 Å². The second kappa shape index (κ2) is 9.30. The number of amides is 1. The van der Waals surface area contributed by atoms with E-state index in [0.29, 0.717) is 56.0 Å². The maximum atomic E-state index is 14.5. The standard InChI is InChI=1S/C22H24ClF2N7O2/c23-12-7-15(24)18(16(25)8-12)30-22-29-17-9-27-21(28-13-5-6-34-10-13)31-20(17)32(22)14-3-1-11(2-4-14)19(26)33/h7-9,11,13-14H,1-6,10H2,(H2,26,33)(H,29,30)(H,27,28,31)/t11?,13-,14?/m1/s1. The molecule has 0 unspecified atom stereocenters. The normalized spacial score (nSPS) is 22.7. The van der Waals surface area contributed by atoms with Crippen molar-refractivity contribution in [3.8, 4) is 0 Å². The van der Waals surface area contributed by atoms with Crippen LogP contribution in [0, 0.1) is 17.6 Å². The van der Waals surface area contributed by atoms with Crippen molar-refractivity contribution in [2.75, 3.05) is 23.8 Å². The number of nitrogens with one attached hydrogen (secondary N) is 2. The number of ether oxygens (including phenoxy) is 1. The van der Waals surface area contributed by atoms with E-state index in [4.69, 9.17) is 22.1 Å². The average molecular weight is 492 g/mol. The van der Waals surface area contributed by atoms with Crippen molar-refractivity contribution in [2.45, 2.75) is 44.2 Å². The van der Waals surface area contributed by atoms with Crippen LogP contribution >= 0.6 is 11.6 Å². The van der Waals surface area contributed by atoms with Crippen LogP contribution in [-0.4, -0.2) is 44.7 Å². The Balaban J connectivity index is 1.54. The molecule has 0 radical (unpaired) electrons. The van der Waals surface area contributed by atoms with Crippen LogP contribution in [0.15, 0.2) is 18.3 Å². The monoisotopic (exact) mass is 491 g/mol. The highest BCUT2D eigenvalue weighted by Crippen LogP contribution is 2.37. The Morgan fingerprint density at radius 3 is 2.53 bits per heavy atom. The molecule has 1 atom stereocenters. The van der Waals surface area contributed by atoms with Crippen molar-refractivity contribution < 1.29 is 18.3 Å². The lowest BCUT2D eigenvalue weighted by Crippen LogP contribution is -2.29. The number of carbonyl (C=O) groups is 1. The van der Waals surface area contributed by atoms with Gasteiger partial charge in [0, 0.05) is 23.6 Å². The number of anilines is 3. The number of primary amides is 1. The number of imidazole rings is 1. The molecular formula is C22H24ClF2N7O2. The first kappa shape index (κ1) is 22.7. The fraction of sp³-hybridized carbons (Fsp3) is 0.455. The van der Waals surface area contributed by atoms with Gasteiger partial charge in [-0.15, -0.1) is 0 Å². The molecule has 0 bridgehead atoms. The van der Waals surface area contributed by atoms with Gasteiger partial charge < -0.3 is 21.1 Å². The summed E-state index contributed by atoms with van der Waals surface area (Å²) in [5.41, 5.74) is 6.13. The molecule has 34 heavy (non-hydrogen) atoms. The lowest BCUT2D eigenvalue weighted by Gasteiger charge is -2.29. The molecule has 1 amide bonds. The SMILES string of the molecule is NC(=O)C1CCC(n2c(Nc3c(F)cc(Cl)cc3F)nc3cnc(N[C@@H]4CCOC4)nc32)CC1. The highest BCUT2D eigenvalue weighted by molar-refractivity contribution is 6.30. The van der Waals surface area contributed by atoms with Gasteiger partial charge >= 0.3 is 0 Å². The third-order valence-corrected chi connectivity index (χ3v) is 6.62. The van der Waals surface area contributed by atoms with Crippen LogP contribution in [0.1, 0.15) is 38.1 Å². The topological polar surface area (TPSA) is 120 Å². The van der Waals surface area contributed by atoms with Crippen LogP contribution in [0.3, 0.4) is 0 Å². The molecule has 1 saturated carbocycles. The first-order valence-electron chi connectivity index (χ1n) is 11.2. The second-order valence-electron chi connectivity index (χ2n) is 8.69. The summed E-state index contributed by atoms with van der Waals surface area (Å²) in [5, 5.41) is 6.01. The smallest absolute Gasteiger partial charge is 0.225 e. The zero-order chi connectivity index (χ0) is 23.8. The third kappa shape index (κ3) is 4.49. The van der Waals surface area contributed by atoms with Crippen molar-refractivity contribution in [2.24, 2.45) is 11.7 Å². The summed E-state index contributed by atoms with van der Waals surface area (Å²) < 4.78 is 36.3. The van der Waals surface area contributed by atoms with E-state index in [0.717, 1.165) is 18.6 Å². The zero-order valence-electron chi connectivity index (χ0n) is 18.2. The molecule has 9 nitrogen and oxygen atoms in total.